The van der Waals surface area contributed by atoms with E-state index in [0.29, 0.717) is 17.5 Å². The Morgan fingerprint density at radius 1 is 0.914 bits per heavy atom. The number of carbonyl (C=O) groups is 2. The zero-order valence-electron chi connectivity index (χ0n) is 20.5. The molecule has 5 nitrogen and oxygen atoms in total. The van der Waals surface area contributed by atoms with Crippen LogP contribution in [0.15, 0.2) is 78.9 Å². The molecule has 0 saturated carbocycles. The second kappa shape index (κ2) is 13.0. The Bertz CT molecular complexity index is 1080. The molecule has 0 aromatic heterocycles. The second-order valence-corrected chi connectivity index (χ2v) is 9.40. The van der Waals surface area contributed by atoms with Gasteiger partial charge in [0.05, 0.1) is 13.5 Å². The van der Waals surface area contributed by atoms with E-state index in [4.69, 9.17) is 16.3 Å². The van der Waals surface area contributed by atoms with Crippen LogP contribution in [-0.2, 0) is 22.6 Å². The first-order valence-corrected chi connectivity index (χ1v) is 12.2. The van der Waals surface area contributed by atoms with Crippen LogP contribution in [0.5, 0.6) is 5.75 Å². The molecule has 3 aromatic carbocycles. The summed E-state index contributed by atoms with van der Waals surface area (Å²) in [6, 6.07) is 23.5. The highest BCUT2D eigenvalue weighted by molar-refractivity contribution is 6.30. The van der Waals surface area contributed by atoms with E-state index < -0.39 is 6.04 Å². The number of nitrogens with zero attached hydrogens (tertiary/aromatic N) is 1. The van der Waals surface area contributed by atoms with Crippen LogP contribution < -0.4 is 10.1 Å². The van der Waals surface area contributed by atoms with Crippen LogP contribution in [0, 0.1) is 5.92 Å². The van der Waals surface area contributed by atoms with Crippen LogP contribution in [0.4, 0.5) is 0 Å². The third-order valence-corrected chi connectivity index (χ3v) is 6.05. The minimum absolute atomic E-state index is 0.143. The van der Waals surface area contributed by atoms with Crippen molar-refractivity contribution in [2.45, 2.75) is 39.3 Å². The molecule has 0 aliphatic heterocycles. The van der Waals surface area contributed by atoms with Gasteiger partial charge in [-0.1, -0.05) is 80.0 Å². The highest BCUT2D eigenvalue weighted by Crippen LogP contribution is 2.26. The summed E-state index contributed by atoms with van der Waals surface area (Å²) in [4.78, 5) is 28.9. The number of rotatable bonds is 11. The van der Waals surface area contributed by atoms with Gasteiger partial charge in [0.2, 0.25) is 11.8 Å². The number of halogens is 1. The summed E-state index contributed by atoms with van der Waals surface area (Å²) in [5.41, 5.74) is 2.52. The summed E-state index contributed by atoms with van der Waals surface area (Å²) >= 11 is 6.03. The fraction of sp³-hybridized carbons (Fsp3) is 0.310. The minimum atomic E-state index is -0.759. The first kappa shape index (κ1) is 26.3. The average molecular weight is 493 g/mol. The predicted molar refractivity (Wildman–Crippen MR) is 140 cm³/mol. The maximum Gasteiger partial charge on any atom is 0.247 e. The van der Waals surface area contributed by atoms with Crippen LogP contribution in [0.25, 0.3) is 0 Å². The zero-order valence-corrected chi connectivity index (χ0v) is 21.3. The molecule has 0 aliphatic rings. The SMILES string of the molecule is COc1ccc(CN(C(=O)Cc2ccc(Cl)cc2)C(C(=O)NCCC(C)C)c2ccccc2)cc1. The Labute approximate surface area is 213 Å². The molecule has 0 bridgehead atoms. The van der Waals surface area contributed by atoms with E-state index in [1.54, 1.807) is 24.1 Å². The normalized spacial score (nSPS) is 11.7. The highest BCUT2D eigenvalue weighted by atomic mass is 35.5. The lowest BCUT2D eigenvalue weighted by atomic mass is 10.0. The van der Waals surface area contributed by atoms with Crippen molar-refractivity contribution >= 4 is 23.4 Å². The summed E-state index contributed by atoms with van der Waals surface area (Å²) in [6.45, 7) is 5.08. The molecule has 184 valence electrons. The first-order chi connectivity index (χ1) is 16.9. The average Bonchev–Trinajstić information content (AvgIpc) is 2.86. The monoisotopic (exact) mass is 492 g/mol. The number of methoxy groups -OCH3 is 1. The molecule has 0 radical (unpaired) electrons. The fourth-order valence-electron chi connectivity index (χ4n) is 3.82. The van der Waals surface area contributed by atoms with Crippen molar-refractivity contribution in [3.63, 3.8) is 0 Å². The molecule has 0 aliphatic carbocycles. The third-order valence-electron chi connectivity index (χ3n) is 5.80. The third kappa shape index (κ3) is 7.86. The molecule has 3 rings (SSSR count). The maximum atomic E-state index is 13.7. The van der Waals surface area contributed by atoms with Gasteiger partial charge in [0.1, 0.15) is 11.8 Å². The Hall–Kier alpha value is -3.31. The zero-order chi connectivity index (χ0) is 25.2. The van der Waals surface area contributed by atoms with Crippen LogP contribution >= 0.6 is 11.6 Å². The topological polar surface area (TPSA) is 58.6 Å². The molecule has 35 heavy (non-hydrogen) atoms. The molecule has 1 N–H and O–H groups in total. The van der Waals surface area contributed by atoms with Gasteiger partial charge in [-0.15, -0.1) is 0 Å². The van der Waals surface area contributed by atoms with E-state index in [2.05, 4.69) is 19.2 Å². The molecule has 0 spiro atoms. The van der Waals surface area contributed by atoms with E-state index in [1.165, 1.54) is 0 Å². The first-order valence-electron chi connectivity index (χ1n) is 11.9. The summed E-state index contributed by atoms with van der Waals surface area (Å²) in [7, 11) is 1.61. The standard InChI is InChI=1S/C29H33ClN2O3/c1-21(2)17-18-31-29(34)28(24-7-5-4-6-8-24)32(20-23-11-15-26(35-3)16-12-23)27(33)19-22-9-13-25(30)14-10-22/h4-16,21,28H,17-20H2,1-3H3,(H,31,34). The Balaban J connectivity index is 1.95. The molecule has 3 aromatic rings. The van der Waals surface area contributed by atoms with Crippen molar-refractivity contribution in [1.29, 1.82) is 0 Å². The van der Waals surface area contributed by atoms with Gasteiger partial charge in [0, 0.05) is 18.1 Å². The van der Waals surface area contributed by atoms with Gasteiger partial charge in [0.25, 0.3) is 0 Å². The largest absolute Gasteiger partial charge is 0.497 e. The minimum Gasteiger partial charge on any atom is -0.497 e. The quantitative estimate of drug-likeness (QED) is 0.366. The number of carbonyl (C=O) groups excluding carboxylic acids is 2. The van der Waals surface area contributed by atoms with Crippen molar-refractivity contribution in [3.05, 3.63) is 101 Å². The maximum absolute atomic E-state index is 13.7. The van der Waals surface area contributed by atoms with Gasteiger partial charge < -0.3 is 15.0 Å². The van der Waals surface area contributed by atoms with Crippen molar-refractivity contribution in [2.75, 3.05) is 13.7 Å². The lowest BCUT2D eigenvalue weighted by molar-refractivity contribution is -0.141. The number of ether oxygens (including phenoxy) is 1. The van der Waals surface area contributed by atoms with Crippen LogP contribution in [0.3, 0.4) is 0 Å². The van der Waals surface area contributed by atoms with Crippen molar-refractivity contribution in [3.8, 4) is 5.75 Å². The van der Waals surface area contributed by atoms with Gasteiger partial charge >= 0.3 is 0 Å². The molecular formula is C29H33ClN2O3. The summed E-state index contributed by atoms with van der Waals surface area (Å²) in [6.07, 6.45) is 1.03. The van der Waals surface area contributed by atoms with Gasteiger partial charge in [-0.05, 0) is 53.3 Å². The van der Waals surface area contributed by atoms with E-state index in [0.717, 1.165) is 28.9 Å². The molecule has 0 heterocycles. The van der Waals surface area contributed by atoms with Crippen LogP contribution in [0.1, 0.15) is 43.0 Å². The molecule has 1 atom stereocenters. The number of nitrogens with one attached hydrogen (secondary N) is 1. The summed E-state index contributed by atoms with van der Waals surface area (Å²) in [5.74, 6) is 0.872. The van der Waals surface area contributed by atoms with Gasteiger partial charge in [-0.3, -0.25) is 9.59 Å². The predicted octanol–water partition coefficient (Wildman–Crippen LogP) is 5.82. The summed E-state index contributed by atoms with van der Waals surface area (Å²) < 4.78 is 5.27. The van der Waals surface area contributed by atoms with Crippen LogP contribution in [0.2, 0.25) is 5.02 Å². The second-order valence-electron chi connectivity index (χ2n) is 8.96. The number of hydrogen-bond acceptors (Lipinski definition) is 3. The van der Waals surface area contributed by atoms with E-state index in [9.17, 15) is 9.59 Å². The highest BCUT2D eigenvalue weighted by Gasteiger charge is 2.31. The smallest absolute Gasteiger partial charge is 0.247 e. The summed E-state index contributed by atoms with van der Waals surface area (Å²) in [5, 5.41) is 3.67. The number of hydrogen-bond donors (Lipinski definition) is 1. The lowest BCUT2D eigenvalue weighted by Gasteiger charge is -2.32. The van der Waals surface area contributed by atoms with Crippen molar-refractivity contribution in [1.82, 2.24) is 10.2 Å². The van der Waals surface area contributed by atoms with Crippen molar-refractivity contribution < 1.29 is 14.3 Å². The van der Waals surface area contributed by atoms with Gasteiger partial charge in [-0.25, -0.2) is 0 Å². The molecule has 6 heteroatoms. The molecule has 0 saturated heterocycles. The lowest BCUT2D eigenvalue weighted by Crippen LogP contribution is -2.44. The fourth-order valence-corrected chi connectivity index (χ4v) is 3.94. The number of amides is 2. The molecule has 2 amide bonds. The molecule has 1 unspecified atom stereocenters. The van der Waals surface area contributed by atoms with Gasteiger partial charge in [-0.2, -0.15) is 0 Å². The van der Waals surface area contributed by atoms with Gasteiger partial charge in [0.15, 0.2) is 0 Å². The van der Waals surface area contributed by atoms with E-state index in [-0.39, 0.29) is 24.8 Å². The Kier molecular flexibility index (Phi) is 9.74. The Morgan fingerprint density at radius 3 is 2.14 bits per heavy atom. The van der Waals surface area contributed by atoms with Crippen LogP contribution in [-0.4, -0.2) is 30.4 Å². The number of benzene rings is 3. The van der Waals surface area contributed by atoms with E-state index >= 15 is 0 Å². The molecule has 0 fully saturated rings. The van der Waals surface area contributed by atoms with E-state index in [1.807, 2.05) is 66.7 Å². The van der Waals surface area contributed by atoms with Crippen molar-refractivity contribution in [2.24, 2.45) is 5.92 Å². The Morgan fingerprint density at radius 2 is 1.54 bits per heavy atom. The molecular weight excluding hydrogens is 460 g/mol.